The van der Waals surface area contributed by atoms with E-state index < -0.39 is 10.8 Å². The molecular weight excluding hydrogens is 344 g/mol. The molecule has 5 heteroatoms. The van der Waals surface area contributed by atoms with E-state index in [1.807, 2.05) is 30.3 Å². The lowest BCUT2D eigenvalue weighted by atomic mass is 9.81. The average molecular weight is 371 g/mol. The molecule has 26 heavy (non-hydrogen) atoms. The van der Waals surface area contributed by atoms with E-state index in [0.717, 1.165) is 22.9 Å². The van der Waals surface area contributed by atoms with Crippen LogP contribution in [0.15, 0.2) is 53.4 Å². The van der Waals surface area contributed by atoms with Crippen molar-refractivity contribution in [2.75, 3.05) is 24.3 Å². The Hall–Kier alpha value is -1.85. The van der Waals surface area contributed by atoms with Crippen LogP contribution < -0.4 is 15.4 Å². The molecule has 2 aromatic carbocycles. The number of nitrogens with one attached hydrogen (secondary N) is 2. The highest BCUT2D eigenvalue weighted by atomic mass is 32.2. The Morgan fingerprint density at radius 3 is 2.69 bits per heavy atom. The number of hydrogen-bond acceptors (Lipinski definition) is 4. The fourth-order valence-electron chi connectivity index (χ4n) is 3.93. The Morgan fingerprint density at radius 1 is 1.08 bits per heavy atom. The van der Waals surface area contributed by atoms with E-state index >= 15 is 0 Å². The van der Waals surface area contributed by atoms with Crippen LogP contribution in [0.1, 0.15) is 37.2 Å². The van der Waals surface area contributed by atoms with Crippen LogP contribution in [0.5, 0.6) is 5.75 Å². The molecule has 1 unspecified atom stereocenters. The summed E-state index contributed by atoms with van der Waals surface area (Å²) in [5.74, 6) is 2.30. The van der Waals surface area contributed by atoms with Crippen molar-refractivity contribution in [1.82, 2.24) is 5.32 Å². The van der Waals surface area contributed by atoms with E-state index in [4.69, 9.17) is 4.74 Å². The summed E-state index contributed by atoms with van der Waals surface area (Å²) in [5, 5.41) is 6.83. The van der Waals surface area contributed by atoms with E-state index in [1.54, 1.807) is 0 Å². The van der Waals surface area contributed by atoms with Gasteiger partial charge in [-0.05, 0) is 61.4 Å². The minimum Gasteiger partial charge on any atom is -0.471 e. The van der Waals surface area contributed by atoms with Crippen LogP contribution in [0, 0.1) is 0 Å². The second-order valence-corrected chi connectivity index (χ2v) is 8.66. The lowest BCUT2D eigenvalue weighted by Gasteiger charge is -2.29. The van der Waals surface area contributed by atoms with Crippen molar-refractivity contribution in [3.05, 3.63) is 54.1 Å². The van der Waals surface area contributed by atoms with E-state index in [0.29, 0.717) is 24.4 Å². The molecule has 1 aliphatic carbocycles. The van der Waals surface area contributed by atoms with E-state index in [-0.39, 0.29) is 0 Å². The molecule has 0 spiro atoms. The number of benzene rings is 2. The fraction of sp³-hybridized carbons (Fsp3) is 0.429. The van der Waals surface area contributed by atoms with Crippen molar-refractivity contribution in [3.63, 3.8) is 0 Å². The Morgan fingerprint density at radius 2 is 1.88 bits per heavy atom. The van der Waals surface area contributed by atoms with Crippen molar-refractivity contribution < 1.29 is 8.95 Å². The van der Waals surface area contributed by atoms with Crippen molar-refractivity contribution >= 4 is 16.5 Å². The summed E-state index contributed by atoms with van der Waals surface area (Å²) >= 11 is 0. The third-order valence-corrected chi connectivity index (χ3v) is 6.79. The molecule has 1 aliphatic heterocycles. The van der Waals surface area contributed by atoms with Crippen LogP contribution in [0.25, 0.3) is 0 Å². The largest absolute Gasteiger partial charge is 0.471 e. The summed E-state index contributed by atoms with van der Waals surface area (Å²) in [6, 6.07) is 16.9. The molecule has 1 fully saturated rings. The molecule has 0 aromatic heterocycles. The normalized spacial score (nSPS) is 22.9. The van der Waals surface area contributed by atoms with Crippen molar-refractivity contribution in [2.24, 2.45) is 0 Å². The SMILES string of the molecule is O=S(CCNC1CCC(c2ccc3c(c2)OCN3)CC1)c1ccccc1. The molecule has 138 valence electrons. The van der Waals surface area contributed by atoms with Crippen LogP contribution in [0.3, 0.4) is 0 Å². The van der Waals surface area contributed by atoms with Gasteiger partial charge >= 0.3 is 0 Å². The first-order chi connectivity index (χ1) is 12.8. The number of anilines is 1. The summed E-state index contributed by atoms with van der Waals surface area (Å²) < 4.78 is 17.9. The number of ether oxygens (including phenoxy) is 1. The summed E-state index contributed by atoms with van der Waals surface area (Å²) in [6.45, 7) is 1.40. The zero-order valence-corrected chi connectivity index (χ0v) is 15.8. The fourth-order valence-corrected chi connectivity index (χ4v) is 4.93. The van der Waals surface area contributed by atoms with Crippen LogP contribution in [-0.4, -0.2) is 29.3 Å². The summed E-state index contributed by atoms with van der Waals surface area (Å²) in [4.78, 5) is 0.923. The highest BCUT2D eigenvalue weighted by Crippen LogP contribution is 2.37. The highest BCUT2D eigenvalue weighted by molar-refractivity contribution is 7.85. The molecule has 0 saturated heterocycles. The predicted octanol–water partition coefficient (Wildman–Crippen LogP) is 3.87. The lowest BCUT2D eigenvalue weighted by molar-refractivity contribution is 0.346. The maximum Gasteiger partial charge on any atom is 0.159 e. The van der Waals surface area contributed by atoms with Crippen molar-refractivity contribution in [2.45, 2.75) is 42.5 Å². The number of hydrogen-bond donors (Lipinski definition) is 2. The van der Waals surface area contributed by atoms with Gasteiger partial charge in [0.2, 0.25) is 0 Å². The van der Waals surface area contributed by atoms with E-state index in [9.17, 15) is 4.21 Å². The van der Waals surface area contributed by atoms with Crippen LogP contribution in [0.2, 0.25) is 0 Å². The van der Waals surface area contributed by atoms with Gasteiger partial charge in [-0.2, -0.15) is 0 Å². The first kappa shape index (κ1) is 17.6. The predicted molar refractivity (Wildman–Crippen MR) is 106 cm³/mol. The summed E-state index contributed by atoms with van der Waals surface area (Å²) in [5.41, 5.74) is 2.51. The van der Waals surface area contributed by atoms with Gasteiger partial charge in [-0.1, -0.05) is 24.3 Å². The maximum absolute atomic E-state index is 12.3. The first-order valence-corrected chi connectivity index (χ1v) is 10.8. The van der Waals surface area contributed by atoms with Gasteiger partial charge in [0.25, 0.3) is 0 Å². The minimum absolute atomic E-state index is 0.548. The average Bonchev–Trinajstić information content (AvgIpc) is 3.17. The van der Waals surface area contributed by atoms with Crippen molar-refractivity contribution in [1.29, 1.82) is 0 Å². The van der Waals surface area contributed by atoms with E-state index in [1.165, 1.54) is 31.2 Å². The second kappa shape index (κ2) is 8.23. The maximum atomic E-state index is 12.3. The van der Waals surface area contributed by atoms with Gasteiger partial charge in [-0.3, -0.25) is 4.21 Å². The molecule has 4 nitrogen and oxygen atoms in total. The smallest absolute Gasteiger partial charge is 0.159 e. The van der Waals surface area contributed by atoms with Crippen molar-refractivity contribution in [3.8, 4) is 5.75 Å². The second-order valence-electron chi connectivity index (χ2n) is 7.09. The lowest BCUT2D eigenvalue weighted by Crippen LogP contribution is -2.35. The zero-order chi connectivity index (χ0) is 17.8. The molecule has 1 atom stereocenters. The molecular formula is C21H26N2O2S. The highest BCUT2D eigenvalue weighted by Gasteiger charge is 2.23. The number of fused-ring (bicyclic) bond motifs is 1. The van der Waals surface area contributed by atoms with Gasteiger partial charge in [0.1, 0.15) is 5.75 Å². The van der Waals surface area contributed by atoms with Gasteiger partial charge < -0.3 is 15.4 Å². The zero-order valence-electron chi connectivity index (χ0n) is 14.9. The van der Waals surface area contributed by atoms with Crippen LogP contribution >= 0.6 is 0 Å². The Kier molecular flexibility index (Phi) is 5.56. The minimum atomic E-state index is -0.907. The van der Waals surface area contributed by atoms with Gasteiger partial charge in [0, 0.05) is 23.2 Å². The quantitative estimate of drug-likeness (QED) is 0.810. The topological polar surface area (TPSA) is 50.4 Å². The molecule has 1 heterocycles. The molecule has 0 bridgehead atoms. The first-order valence-electron chi connectivity index (χ1n) is 9.47. The summed E-state index contributed by atoms with van der Waals surface area (Å²) in [7, 11) is -0.907. The monoisotopic (exact) mass is 370 g/mol. The molecule has 0 radical (unpaired) electrons. The van der Waals surface area contributed by atoms with Gasteiger partial charge in [0.05, 0.1) is 16.5 Å². The summed E-state index contributed by atoms with van der Waals surface area (Å²) in [6.07, 6.45) is 4.76. The van der Waals surface area contributed by atoms with Crippen LogP contribution in [0.4, 0.5) is 5.69 Å². The van der Waals surface area contributed by atoms with Crippen LogP contribution in [-0.2, 0) is 10.8 Å². The van der Waals surface area contributed by atoms with Gasteiger partial charge in [-0.25, -0.2) is 0 Å². The van der Waals surface area contributed by atoms with E-state index in [2.05, 4.69) is 28.8 Å². The molecule has 1 saturated carbocycles. The Balaban J connectivity index is 1.22. The third-order valence-electron chi connectivity index (χ3n) is 5.42. The molecule has 4 rings (SSSR count). The standard InChI is InChI=1S/C21H26N2O2S/c24-26(19-4-2-1-3-5-19)13-12-22-18-9-6-16(7-10-18)17-8-11-20-21(14-17)25-15-23-20/h1-5,8,11,14,16,18,22-23H,6-7,9-10,12-13,15H2. The molecule has 2 aliphatic rings. The molecule has 0 amide bonds. The Labute approximate surface area is 157 Å². The molecule has 2 aromatic rings. The third kappa shape index (κ3) is 4.10. The van der Waals surface area contributed by atoms with Gasteiger partial charge in [-0.15, -0.1) is 0 Å². The Bertz CT molecular complexity index is 758. The number of rotatable bonds is 6. The van der Waals surface area contributed by atoms with Gasteiger partial charge in [0.15, 0.2) is 6.73 Å². The molecule has 2 N–H and O–H groups in total.